The van der Waals surface area contributed by atoms with Crippen molar-refractivity contribution >= 4 is 45.1 Å². The molecule has 0 aliphatic heterocycles. The first-order valence-electron chi connectivity index (χ1n) is 7.93. The summed E-state index contributed by atoms with van der Waals surface area (Å²) in [6.07, 6.45) is 0. The Morgan fingerprint density at radius 3 is 2.78 bits per heavy atom. The molecule has 1 N–H and O–H groups in total. The number of nitrogens with one attached hydrogen (secondary N) is 1. The minimum Gasteiger partial charge on any atom is -0.360 e. The van der Waals surface area contributed by atoms with Gasteiger partial charge in [0.05, 0.1) is 11.4 Å². The second-order valence-corrected chi connectivity index (χ2v) is 7.50. The first kappa shape index (κ1) is 17.7. The van der Waals surface area contributed by atoms with Crippen molar-refractivity contribution in [3.63, 3.8) is 0 Å². The third kappa shape index (κ3) is 4.01. The van der Waals surface area contributed by atoms with E-state index >= 15 is 0 Å². The zero-order valence-electron chi connectivity index (χ0n) is 14.1. The summed E-state index contributed by atoms with van der Waals surface area (Å²) in [4.78, 5) is 12.1. The summed E-state index contributed by atoms with van der Waals surface area (Å²) in [5.41, 5.74) is 2.38. The highest BCUT2D eigenvalue weighted by atomic mass is 79.9. The molecule has 4 rings (SSSR count). The van der Waals surface area contributed by atoms with Gasteiger partial charge >= 0.3 is 0 Å². The van der Waals surface area contributed by atoms with Crippen LogP contribution in [0.1, 0.15) is 5.76 Å². The van der Waals surface area contributed by atoms with Crippen molar-refractivity contribution in [3.05, 3.63) is 52.7 Å². The van der Waals surface area contributed by atoms with E-state index in [-0.39, 0.29) is 11.7 Å². The minimum absolute atomic E-state index is 0.150. The van der Waals surface area contributed by atoms with Crippen molar-refractivity contribution in [2.24, 2.45) is 0 Å². The van der Waals surface area contributed by atoms with Gasteiger partial charge in [0.1, 0.15) is 5.76 Å². The van der Waals surface area contributed by atoms with Crippen LogP contribution in [0.3, 0.4) is 0 Å². The first-order chi connectivity index (χ1) is 13.1. The lowest BCUT2D eigenvalue weighted by Crippen LogP contribution is -2.14. The molecule has 0 aliphatic carbocycles. The Labute approximate surface area is 166 Å². The molecule has 3 aromatic heterocycles. The average Bonchev–Trinajstić information content (AvgIpc) is 3.26. The lowest BCUT2D eigenvalue weighted by molar-refractivity contribution is -0.113. The number of rotatable bonds is 5. The van der Waals surface area contributed by atoms with E-state index in [1.54, 1.807) is 17.5 Å². The van der Waals surface area contributed by atoms with E-state index in [0.29, 0.717) is 22.4 Å². The average molecular weight is 445 g/mol. The number of nitrogens with zero attached hydrogens (tertiary/aromatic N) is 5. The van der Waals surface area contributed by atoms with Crippen LogP contribution in [-0.2, 0) is 4.79 Å². The van der Waals surface area contributed by atoms with Crippen LogP contribution in [0.15, 0.2) is 56.6 Å². The monoisotopic (exact) mass is 444 g/mol. The maximum Gasteiger partial charge on any atom is 0.236 e. The van der Waals surface area contributed by atoms with Crippen LogP contribution in [0.25, 0.3) is 16.9 Å². The van der Waals surface area contributed by atoms with Gasteiger partial charge in [0.2, 0.25) is 11.1 Å². The van der Waals surface area contributed by atoms with Gasteiger partial charge < -0.3 is 9.84 Å². The fraction of sp³-hybridized carbons (Fsp3) is 0.118. The van der Waals surface area contributed by atoms with Gasteiger partial charge in [-0.1, -0.05) is 45.0 Å². The first-order valence-corrected chi connectivity index (χ1v) is 9.71. The van der Waals surface area contributed by atoms with E-state index < -0.39 is 0 Å². The molecule has 136 valence electrons. The number of carbonyl (C=O) groups excluding carboxylic acids is 1. The Hall–Kier alpha value is -2.72. The van der Waals surface area contributed by atoms with E-state index in [1.165, 1.54) is 11.8 Å². The number of amides is 1. The van der Waals surface area contributed by atoms with E-state index in [9.17, 15) is 4.79 Å². The molecule has 27 heavy (non-hydrogen) atoms. The highest BCUT2D eigenvalue weighted by Gasteiger charge is 2.13. The predicted molar refractivity (Wildman–Crippen MR) is 105 cm³/mol. The predicted octanol–water partition coefficient (Wildman–Crippen LogP) is 3.58. The molecule has 3 heterocycles. The largest absolute Gasteiger partial charge is 0.360 e. The Morgan fingerprint density at radius 2 is 2.04 bits per heavy atom. The molecule has 0 atom stereocenters. The number of aryl methyl sites for hydroxylation is 1. The molecule has 1 amide bonds. The van der Waals surface area contributed by atoms with Gasteiger partial charge in [-0.15, -0.1) is 10.2 Å². The number of anilines is 1. The standard InChI is InChI=1S/C17H13BrN6O2S/c1-10-8-14(23-26-10)19-16(25)9-27-17-21-20-15-7-6-13(22-24(15)17)11-2-4-12(18)5-3-11/h2-8H,9H2,1H3,(H,19,23,25). The normalized spacial score (nSPS) is 11.0. The van der Waals surface area contributed by atoms with Crippen molar-refractivity contribution in [1.82, 2.24) is 25.0 Å². The second kappa shape index (κ2) is 7.49. The summed E-state index contributed by atoms with van der Waals surface area (Å²) in [5.74, 6) is 0.955. The zero-order chi connectivity index (χ0) is 18.8. The van der Waals surface area contributed by atoms with E-state index in [0.717, 1.165) is 15.7 Å². The Morgan fingerprint density at radius 1 is 1.22 bits per heavy atom. The van der Waals surface area contributed by atoms with Crippen molar-refractivity contribution in [2.75, 3.05) is 11.1 Å². The van der Waals surface area contributed by atoms with Crippen LogP contribution >= 0.6 is 27.7 Å². The third-order valence-corrected chi connectivity index (χ3v) is 5.05. The summed E-state index contributed by atoms with van der Waals surface area (Å²) in [6.45, 7) is 1.76. The van der Waals surface area contributed by atoms with Gasteiger partial charge in [-0.2, -0.15) is 9.61 Å². The van der Waals surface area contributed by atoms with E-state index in [4.69, 9.17) is 4.52 Å². The summed E-state index contributed by atoms with van der Waals surface area (Å²) >= 11 is 4.67. The molecule has 8 nitrogen and oxygen atoms in total. The van der Waals surface area contributed by atoms with Gasteiger partial charge in [-0.05, 0) is 31.2 Å². The minimum atomic E-state index is -0.214. The Bertz CT molecular complexity index is 1110. The van der Waals surface area contributed by atoms with Crippen molar-refractivity contribution in [2.45, 2.75) is 12.1 Å². The zero-order valence-corrected chi connectivity index (χ0v) is 16.5. The molecule has 1 aromatic carbocycles. The van der Waals surface area contributed by atoms with Crippen LogP contribution in [-0.4, -0.2) is 36.6 Å². The third-order valence-electron chi connectivity index (χ3n) is 3.60. The number of hydrogen-bond acceptors (Lipinski definition) is 7. The fourth-order valence-corrected chi connectivity index (χ4v) is 3.32. The maximum atomic E-state index is 12.1. The topological polar surface area (TPSA) is 98.2 Å². The molecule has 0 bridgehead atoms. The molecule has 0 unspecified atom stereocenters. The molecule has 0 aliphatic rings. The molecular formula is C17H13BrN6O2S. The number of fused-ring (bicyclic) bond motifs is 1. The SMILES string of the molecule is Cc1cc(NC(=O)CSc2nnc3ccc(-c4ccc(Br)cc4)nn23)no1. The van der Waals surface area contributed by atoms with Gasteiger partial charge in [0.25, 0.3) is 0 Å². The fourth-order valence-electron chi connectivity index (χ4n) is 2.37. The lowest BCUT2D eigenvalue weighted by atomic mass is 10.1. The smallest absolute Gasteiger partial charge is 0.236 e. The number of aromatic nitrogens is 5. The van der Waals surface area contributed by atoms with Crippen molar-refractivity contribution in [3.8, 4) is 11.3 Å². The molecule has 10 heteroatoms. The Balaban J connectivity index is 1.50. The van der Waals surface area contributed by atoms with E-state index in [2.05, 4.69) is 41.7 Å². The van der Waals surface area contributed by atoms with Crippen LogP contribution in [0.4, 0.5) is 5.82 Å². The number of halogens is 1. The lowest BCUT2D eigenvalue weighted by Gasteiger charge is -2.03. The number of thioether (sulfide) groups is 1. The van der Waals surface area contributed by atoms with Crippen molar-refractivity contribution < 1.29 is 9.32 Å². The van der Waals surface area contributed by atoms with Gasteiger partial charge in [-0.25, -0.2) is 0 Å². The summed E-state index contributed by atoms with van der Waals surface area (Å²) in [7, 11) is 0. The molecule has 0 saturated heterocycles. The molecule has 0 fully saturated rings. The summed E-state index contributed by atoms with van der Waals surface area (Å²) in [5, 5.41) is 19.8. The number of benzene rings is 1. The van der Waals surface area contributed by atoms with Crippen molar-refractivity contribution in [1.29, 1.82) is 0 Å². The number of hydrogen-bond donors (Lipinski definition) is 1. The Kier molecular flexibility index (Phi) is 4.90. The highest BCUT2D eigenvalue weighted by molar-refractivity contribution is 9.10. The van der Waals surface area contributed by atoms with Gasteiger partial charge in [-0.3, -0.25) is 4.79 Å². The van der Waals surface area contributed by atoms with E-state index in [1.807, 2.05) is 36.4 Å². The summed E-state index contributed by atoms with van der Waals surface area (Å²) < 4.78 is 7.56. The molecule has 0 saturated carbocycles. The molecule has 4 aromatic rings. The van der Waals surface area contributed by atoms with Crippen LogP contribution < -0.4 is 5.32 Å². The summed E-state index contributed by atoms with van der Waals surface area (Å²) in [6, 6.07) is 13.3. The van der Waals surface area contributed by atoms with Crippen LogP contribution in [0, 0.1) is 6.92 Å². The molecule has 0 radical (unpaired) electrons. The van der Waals surface area contributed by atoms with Gasteiger partial charge in [0, 0.05) is 16.1 Å². The van der Waals surface area contributed by atoms with Crippen LogP contribution in [0.2, 0.25) is 0 Å². The highest BCUT2D eigenvalue weighted by Crippen LogP contribution is 2.22. The second-order valence-electron chi connectivity index (χ2n) is 5.64. The van der Waals surface area contributed by atoms with Gasteiger partial charge in [0.15, 0.2) is 11.5 Å². The van der Waals surface area contributed by atoms with Crippen LogP contribution in [0.5, 0.6) is 0 Å². The molecule has 0 spiro atoms. The molecular weight excluding hydrogens is 432 g/mol. The quantitative estimate of drug-likeness (QED) is 0.469. The maximum absolute atomic E-state index is 12.1. The number of carbonyl (C=O) groups is 1.